The number of rotatable bonds is 9. The van der Waals surface area contributed by atoms with Gasteiger partial charge in [-0.15, -0.1) is 5.10 Å². The standard InChI is InChI=1S/C26H25BrClN7O2/c1-3-4-9-22-30-25(28)20(13-29-15(2)36)35(22)14-16-10-11-21-19(12-16)23(27)24(37-21)17-7-5-6-8-18(17)26-31-33-34-32-26/h5-8,10-12H,3-4,9,13-14H2,1-2H3,(H,29,36)(H,31,32,33,34). The summed E-state index contributed by atoms with van der Waals surface area (Å²) in [7, 11) is 0. The lowest BCUT2D eigenvalue weighted by Crippen LogP contribution is -2.22. The molecule has 0 saturated heterocycles. The smallest absolute Gasteiger partial charge is 0.217 e. The number of imidazole rings is 1. The predicted molar refractivity (Wildman–Crippen MR) is 145 cm³/mol. The summed E-state index contributed by atoms with van der Waals surface area (Å²) < 4.78 is 9.23. The third-order valence-electron chi connectivity index (χ3n) is 6.17. The first kappa shape index (κ1) is 25.2. The minimum Gasteiger partial charge on any atom is -0.455 e. The molecular weight excluding hydrogens is 558 g/mol. The molecule has 0 spiro atoms. The first-order valence-corrected chi connectivity index (χ1v) is 13.2. The molecule has 3 heterocycles. The number of nitrogens with one attached hydrogen (secondary N) is 2. The lowest BCUT2D eigenvalue weighted by molar-refractivity contribution is -0.119. The lowest BCUT2D eigenvalue weighted by atomic mass is 10.0. The first-order chi connectivity index (χ1) is 18.0. The number of hydrogen-bond donors (Lipinski definition) is 2. The molecule has 0 atom stereocenters. The van der Waals surface area contributed by atoms with Crippen LogP contribution in [0.3, 0.4) is 0 Å². The molecular formula is C26H25BrClN7O2. The number of H-pyrrole nitrogens is 1. The zero-order chi connectivity index (χ0) is 25.9. The molecule has 190 valence electrons. The summed E-state index contributed by atoms with van der Waals surface area (Å²) in [5.41, 5.74) is 4.31. The molecule has 0 aliphatic heterocycles. The molecule has 2 N–H and O–H groups in total. The van der Waals surface area contributed by atoms with Gasteiger partial charge in [0.25, 0.3) is 0 Å². The minimum atomic E-state index is -0.114. The van der Waals surface area contributed by atoms with E-state index in [2.05, 4.69) is 64.4 Å². The number of aromatic amines is 1. The zero-order valence-corrected chi connectivity index (χ0v) is 22.7. The number of aryl methyl sites for hydroxylation is 1. The number of halogens is 2. The van der Waals surface area contributed by atoms with Gasteiger partial charge in [-0.05, 0) is 50.5 Å². The van der Waals surface area contributed by atoms with Gasteiger partial charge in [0.2, 0.25) is 5.91 Å². The zero-order valence-electron chi connectivity index (χ0n) is 20.4. The fraction of sp³-hybridized carbons (Fsp3) is 0.269. The maximum atomic E-state index is 11.6. The van der Waals surface area contributed by atoms with Gasteiger partial charge in [0, 0.05) is 36.4 Å². The van der Waals surface area contributed by atoms with Crippen molar-refractivity contribution in [2.24, 2.45) is 0 Å². The van der Waals surface area contributed by atoms with Crippen LogP contribution in [0.2, 0.25) is 5.15 Å². The van der Waals surface area contributed by atoms with Crippen LogP contribution in [0.1, 0.15) is 43.8 Å². The third-order valence-corrected chi connectivity index (χ3v) is 7.26. The van der Waals surface area contributed by atoms with Crippen LogP contribution in [-0.2, 0) is 24.3 Å². The maximum absolute atomic E-state index is 11.6. The highest BCUT2D eigenvalue weighted by Crippen LogP contribution is 2.41. The Hall–Kier alpha value is -3.50. The van der Waals surface area contributed by atoms with Gasteiger partial charge in [0.15, 0.2) is 11.0 Å². The van der Waals surface area contributed by atoms with Crippen LogP contribution in [0.25, 0.3) is 33.7 Å². The van der Waals surface area contributed by atoms with Crippen molar-refractivity contribution in [3.63, 3.8) is 0 Å². The molecule has 5 aromatic rings. The van der Waals surface area contributed by atoms with Gasteiger partial charge in [-0.25, -0.2) is 10.1 Å². The van der Waals surface area contributed by atoms with Crippen LogP contribution in [0.4, 0.5) is 0 Å². The van der Waals surface area contributed by atoms with Crippen molar-refractivity contribution >= 4 is 44.4 Å². The highest BCUT2D eigenvalue weighted by atomic mass is 79.9. The summed E-state index contributed by atoms with van der Waals surface area (Å²) in [6.45, 7) is 4.52. The van der Waals surface area contributed by atoms with Gasteiger partial charge in [0.05, 0.1) is 16.7 Å². The number of aromatic nitrogens is 6. The van der Waals surface area contributed by atoms with Crippen molar-refractivity contribution in [1.82, 2.24) is 35.5 Å². The number of furan rings is 1. The second kappa shape index (κ2) is 10.9. The Morgan fingerprint density at radius 3 is 2.76 bits per heavy atom. The Bertz CT molecular complexity index is 1560. The predicted octanol–water partition coefficient (Wildman–Crippen LogP) is 5.92. The number of carbonyl (C=O) groups is 1. The topological polar surface area (TPSA) is 115 Å². The summed E-state index contributed by atoms with van der Waals surface area (Å²) in [4.78, 5) is 16.2. The van der Waals surface area contributed by atoms with Crippen molar-refractivity contribution in [3.05, 3.63) is 69.2 Å². The van der Waals surface area contributed by atoms with E-state index in [-0.39, 0.29) is 5.91 Å². The van der Waals surface area contributed by atoms with Crippen molar-refractivity contribution in [1.29, 1.82) is 0 Å². The average Bonchev–Trinajstić information content (AvgIpc) is 3.61. The summed E-state index contributed by atoms with van der Waals surface area (Å²) in [5.74, 6) is 2.05. The van der Waals surface area contributed by atoms with Crippen LogP contribution in [0.15, 0.2) is 51.4 Å². The Morgan fingerprint density at radius 1 is 1.22 bits per heavy atom. The van der Waals surface area contributed by atoms with E-state index < -0.39 is 0 Å². The number of nitrogens with zero attached hydrogens (tertiary/aromatic N) is 5. The van der Waals surface area contributed by atoms with Gasteiger partial charge in [-0.3, -0.25) is 4.79 Å². The second-order valence-corrected chi connectivity index (χ2v) is 9.89. The molecule has 5 rings (SSSR count). The molecule has 9 nitrogen and oxygen atoms in total. The number of amides is 1. The fourth-order valence-corrected chi connectivity index (χ4v) is 5.19. The molecule has 0 unspecified atom stereocenters. The van der Waals surface area contributed by atoms with Crippen molar-refractivity contribution < 1.29 is 9.21 Å². The molecule has 11 heteroatoms. The van der Waals surface area contributed by atoms with Crippen molar-refractivity contribution in [2.45, 2.75) is 46.2 Å². The molecule has 1 amide bonds. The van der Waals surface area contributed by atoms with E-state index >= 15 is 0 Å². The maximum Gasteiger partial charge on any atom is 0.217 e. The normalized spacial score (nSPS) is 11.4. The van der Waals surface area contributed by atoms with Gasteiger partial charge in [-0.1, -0.05) is 55.3 Å². The van der Waals surface area contributed by atoms with E-state index in [0.717, 1.165) is 62.9 Å². The van der Waals surface area contributed by atoms with E-state index in [1.165, 1.54) is 6.92 Å². The molecule has 0 bridgehead atoms. The Balaban J connectivity index is 1.53. The van der Waals surface area contributed by atoms with Crippen molar-refractivity contribution in [3.8, 4) is 22.7 Å². The molecule has 0 aliphatic rings. The highest BCUT2D eigenvalue weighted by Gasteiger charge is 2.20. The quantitative estimate of drug-likeness (QED) is 0.223. The number of hydrogen-bond acceptors (Lipinski definition) is 6. The molecule has 0 radical (unpaired) electrons. The molecule has 0 aliphatic carbocycles. The number of unbranched alkanes of at least 4 members (excludes halogenated alkanes) is 1. The van der Waals surface area contributed by atoms with Gasteiger partial charge < -0.3 is 14.3 Å². The molecule has 37 heavy (non-hydrogen) atoms. The Labute approximate surface area is 226 Å². The van der Waals surface area contributed by atoms with Gasteiger partial charge >= 0.3 is 0 Å². The Kier molecular flexibility index (Phi) is 7.38. The van der Waals surface area contributed by atoms with Crippen LogP contribution in [-0.4, -0.2) is 36.1 Å². The highest BCUT2D eigenvalue weighted by molar-refractivity contribution is 9.10. The van der Waals surface area contributed by atoms with Gasteiger partial charge in [0.1, 0.15) is 17.2 Å². The average molecular weight is 583 g/mol. The summed E-state index contributed by atoms with van der Waals surface area (Å²) >= 11 is 10.3. The van der Waals surface area contributed by atoms with E-state index in [9.17, 15) is 4.79 Å². The van der Waals surface area contributed by atoms with E-state index in [0.29, 0.717) is 29.8 Å². The number of benzene rings is 2. The minimum absolute atomic E-state index is 0.114. The summed E-state index contributed by atoms with van der Waals surface area (Å²) in [5, 5.41) is 18.5. The fourth-order valence-electron chi connectivity index (χ4n) is 4.32. The Morgan fingerprint density at radius 2 is 2.03 bits per heavy atom. The second-order valence-electron chi connectivity index (χ2n) is 8.74. The van der Waals surface area contributed by atoms with E-state index in [1.807, 2.05) is 36.4 Å². The van der Waals surface area contributed by atoms with Crippen LogP contribution in [0, 0.1) is 0 Å². The SMILES string of the molecule is CCCCc1nc(Cl)c(CNC(C)=O)n1Cc1ccc2oc(-c3ccccc3-c3nnn[nH]3)c(Br)c2c1. The molecule has 3 aromatic heterocycles. The van der Waals surface area contributed by atoms with Crippen LogP contribution >= 0.6 is 27.5 Å². The lowest BCUT2D eigenvalue weighted by Gasteiger charge is -2.13. The first-order valence-electron chi connectivity index (χ1n) is 12.0. The van der Waals surface area contributed by atoms with E-state index in [4.69, 9.17) is 16.0 Å². The van der Waals surface area contributed by atoms with Crippen LogP contribution < -0.4 is 5.32 Å². The number of fused-ring (bicyclic) bond motifs is 1. The summed E-state index contributed by atoms with van der Waals surface area (Å²) in [6.07, 6.45) is 2.86. The third kappa shape index (κ3) is 5.17. The van der Waals surface area contributed by atoms with Crippen LogP contribution in [0.5, 0.6) is 0 Å². The summed E-state index contributed by atoms with van der Waals surface area (Å²) in [6, 6.07) is 13.9. The molecule has 2 aromatic carbocycles. The molecule has 0 saturated carbocycles. The monoisotopic (exact) mass is 581 g/mol. The number of carbonyl (C=O) groups excluding carboxylic acids is 1. The largest absolute Gasteiger partial charge is 0.455 e. The molecule has 0 fully saturated rings. The van der Waals surface area contributed by atoms with Crippen molar-refractivity contribution in [2.75, 3.05) is 0 Å². The van der Waals surface area contributed by atoms with Gasteiger partial charge in [-0.2, -0.15) is 0 Å². The van der Waals surface area contributed by atoms with E-state index in [1.54, 1.807) is 0 Å². The number of tetrazole rings is 1.